The van der Waals surface area contributed by atoms with Gasteiger partial charge in [-0.25, -0.2) is 14.3 Å². The third kappa shape index (κ3) is 3.49. The second-order valence-corrected chi connectivity index (χ2v) is 5.30. The third-order valence-electron chi connectivity index (χ3n) is 3.01. The molecule has 0 spiro atoms. The maximum atomic E-state index is 11.4. The van der Waals surface area contributed by atoms with Gasteiger partial charge in [0.05, 0.1) is 18.4 Å². The lowest BCUT2D eigenvalue weighted by Gasteiger charge is -2.18. The van der Waals surface area contributed by atoms with E-state index >= 15 is 0 Å². The standard InChI is InChI=1S/C13H17ClN4O3/c1-8(21-5-4-17(2)3)12-9(13(19)20)7-15-11-6-10(14)16-18(11)12/h6-8H,4-5H2,1-3H3,(H,19,20). The van der Waals surface area contributed by atoms with Gasteiger partial charge in [-0.2, -0.15) is 5.10 Å². The zero-order chi connectivity index (χ0) is 15.6. The van der Waals surface area contributed by atoms with Gasteiger partial charge in [-0.3, -0.25) is 0 Å². The average molecular weight is 313 g/mol. The van der Waals surface area contributed by atoms with Gasteiger partial charge in [-0.15, -0.1) is 0 Å². The molecule has 0 saturated carbocycles. The van der Waals surface area contributed by atoms with Crippen molar-refractivity contribution in [3.8, 4) is 0 Å². The monoisotopic (exact) mass is 312 g/mol. The smallest absolute Gasteiger partial charge is 0.339 e. The lowest BCUT2D eigenvalue weighted by molar-refractivity contribution is 0.0484. The summed E-state index contributed by atoms with van der Waals surface area (Å²) in [6.07, 6.45) is 0.856. The number of rotatable bonds is 6. The van der Waals surface area contributed by atoms with E-state index in [1.807, 2.05) is 19.0 Å². The molecule has 2 aromatic rings. The zero-order valence-electron chi connectivity index (χ0n) is 12.1. The summed E-state index contributed by atoms with van der Waals surface area (Å²) in [4.78, 5) is 17.4. The van der Waals surface area contributed by atoms with Crippen LogP contribution in [0.2, 0.25) is 5.15 Å². The highest BCUT2D eigenvalue weighted by atomic mass is 35.5. The molecule has 0 fully saturated rings. The number of aromatic nitrogens is 3. The quantitative estimate of drug-likeness (QED) is 0.875. The lowest BCUT2D eigenvalue weighted by Crippen LogP contribution is -2.21. The fraction of sp³-hybridized carbons (Fsp3) is 0.462. The van der Waals surface area contributed by atoms with Crippen LogP contribution in [0.25, 0.3) is 5.65 Å². The van der Waals surface area contributed by atoms with Gasteiger partial charge in [-0.05, 0) is 21.0 Å². The van der Waals surface area contributed by atoms with Crippen molar-refractivity contribution in [1.82, 2.24) is 19.5 Å². The molecule has 1 unspecified atom stereocenters. The van der Waals surface area contributed by atoms with E-state index in [2.05, 4.69) is 10.1 Å². The Morgan fingerprint density at radius 1 is 1.57 bits per heavy atom. The Balaban J connectivity index is 2.38. The van der Waals surface area contributed by atoms with Crippen LogP contribution in [0.4, 0.5) is 0 Å². The molecule has 0 amide bonds. The molecule has 8 heteroatoms. The number of ether oxygens (including phenoxy) is 1. The molecule has 0 saturated heterocycles. The summed E-state index contributed by atoms with van der Waals surface area (Å²) in [5, 5.41) is 13.7. The topological polar surface area (TPSA) is 80.0 Å². The first-order chi connectivity index (χ1) is 9.90. The molecule has 0 aliphatic heterocycles. The highest BCUT2D eigenvalue weighted by Crippen LogP contribution is 2.23. The van der Waals surface area contributed by atoms with Crippen LogP contribution in [0.1, 0.15) is 29.1 Å². The van der Waals surface area contributed by atoms with E-state index in [0.29, 0.717) is 17.9 Å². The van der Waals surface area contributed by atoms with Crippen molar-refractivity contribution in [2.45, 2.75) is 13.0 Å². The van der Waals surface area contributed by atoms with Crippen LogP contribution in [0, 0.1) is 0 Å². The first-order valence-electron chi connectivity index (χ1n) is 6.44. The van der Waals surface area contributed by atoms with Gasteiger partial charge in [0.15, 0.2) is 10.8 Å². The number of carbonyl (C=O) groups is 1. The van der Waals surface area contributed by atoms with Crippen LogP contribution in [-0.4, -0.2) is 57.8 Å². The number of carboxylic acid groups (broad SMARTS) is 1. The number of nitrogens with zero attached hydrogens (tertiary/aromatic N) is 4. The summed E-state index contributed by atoms with van der Waals surface area (Å²) >= 11 is 5.87. The Bertz CT molecular complexity index is 656. The van der Waals surface area contributed by atoms with Gasteiger partial charge in [0.2, 0.25) is 0 Å². The summed E-state index contributed by atoms with van der Waals surface area (Å²) < 4.78 is 7.13. The minimum Gasteiger partial charge on any atom is -0.478 e. The lowest BCUT2D eigenvalue weighted by atomic mass is 10.1. The van der Waals surface area contributed by atoms with Crippen molar-refractivity contribution in [2.75, 3.05) is 27.2 Å². The highest BCUT2D eigenvalue weighted by molar-refractivity contribution is 6.29. The number of aromatic carboxylic acids is 1. The van der Waals surface area contributed by atoms with E-state index in [1.54, 1.807) is 13.0 Å². The highest BCUT2D eigenvalue weighted by Gasteiger charge is 2.22. The number of likely N-dealkylation sites (N-methyl/N-ethyl adjacent to an activating group) is 1. The Hall–Kier alpha value is -1.70. The first-order valence-corrected chi connectivity index (χ1v) is 6.81. The molecule has 2 rings (SSSR count). The molecule has 2 aromatic heterocycles. The maximum absolute atomic E-state index is 11.4. The first kappa shape index (κ1) is 15.7. The van der Waals surface area contributed by atoms with E-state index in [0.717, 1.165) is 6.54 Å². The molecule has 0 aromatic carbocycles. The summed E-state index contributed by atoms with van der Waals surface area (Å²) in [6, 6.07) is 1.57. The number of carboxylic acids is 1. The number of hydrogen-bond donors (Lipinski definition) is 1. The van der Waals surface area contributed by atoms with Crippen molar-refractivity contribution in [1.29, 1.82) is 0 Å². The van der Waals surface area contributed by atoms with E-state index in [9.17, 15) is 9.90 Å². The molecule has 114 valence electrons. The minimum absolute atomic E-state index is 0.0552. The predicted octanol–water partition coefficient (Wildman–Crippen LogP) is 1.72. The zero-order valence-corrected chi connectivity index (χ0v) is 12.8. The summed E-state index contributed by atoms with van der Waals surface area (Å²) in [5.41, 5.74) is 0.973. The van der Waals surface area contributed by atoms with Crippen molar-refractivity contribution < 1.29 is 14.6 Å². The number of halogens is 1. The molecule has 0 bridgehead atoms. The Kier molecular flexibility index (Phi) is 4.76. The van der Waals surface area contributed by atoms with E-state index in [-0.39, 0.29) is 10.7 Å². The molecule has 7 nitrogen and oxygen atoms in total. The largest absolute Gasteiger partial charge is 0.478 e. The molecule has 0 aliphatic carbocycles. The second-order valence-electron chi connectivity index (χ2n) is 4.92. The average Bonchev–Trinajstić information content (AvgIpc) is 2.76. The van der Waals surface area contributed by atoms with E-state index in [4.69, 9.17) is 16.3 Å². The summed E-state index contributed by atoms with van der Waals surface area (Å²) in [7, 11) is 3.88. The van der Waals surface area contributed by atoms with Crippen molar-refractivity contribution >= 4 is 23.2 Å². The number of hydrogen-bond acceptors (Lipinski definition) is 5. The van der Waals surface area contributed by atoms with Crippen molar-refractivity contribution in [2.24, 2.45) is 0 Å². The maximum Gasteiger partial charge on any atom is 0.339 e. The van der Waals surface area contributed by atoms with Crippen LogP contribution in [0.15, 0.2) is 12.3 Å². The summed E-state index contributed by atoms with van der Waals surface area (Å²) in [6.45, 7) is 3.00. The van der Waals surface area contributed by atoms with E-state index < -0.39 is 12.1 Å². The van der Waals surface area contributed by atoms with Crippen molar-refractivity contribution in [3.63, 3.8) is 0 Å². The molecule has 1 atom stereocenters. The molecule has 2 heterocycles. The fourth-order valence-electron chi connectivity index (χ4n) is 1.97. The van der Waals surface area contributed by atoms with Crippen LogP contribution < -0.4 is 0 Å². The SMILES string of the molecule is CC(OCCN(C)C)c1c(C(=O)O)cnc2cc(Cl)nn12. The Labute approximate surface area is 127 Å². The molecule has 0 aliphatic rings. The van der Waals surface area contributed by atoms with Crippen LogP contribution in [-0.2, 0) is 4.74 Å². The number of fused-ring (bicyclic) bond motifs is 1. The van der Waals surface area contributed by atoms with Crippen LogP contribution in [0.3, 0.4) is 0 Å². The van der Waals surface area contributed by atoms with Gasteiger partial charge in [0.1, 0.15) is 5.56 Å². The fourth-order valence-corrected chi connectivity index (χ4v) is 2.14. The van der Waals surface area contributed by atoms with E-state index in [1.165, 1.54) is 10.7 Å². The molecular formula is C13H17ClN4O3. The predicted molar refractivity (Wildman–Crippen MR) is 77.9 cm³/mol. The Morgan fingerprint density at radius 2 is 2.29 bits per heavy atom. The normalized spacial score (nSPS) is 13.0. The molecule has 1 N–H and O–H groups in total. The van der Waals surface area contributed by atoms with Gasteiger partial charge in [0, 0.05) is 18.8 Å². The third-order valence-corrected chi connectivity index (χ3v) is 3.20. The van der Waals surface area contributed by atoms with Gasteiger partial charge in [-0.1, -0.05) is 11.6 Å². The van der Waals surface area contributed by atoms with Crippen molar-refractivity contribution in [3.05, 3.63) is 28.7 Å². The van der Waals surface area contributed by atoms with Crippen LogP contribution in [0.5, 0.6) is 0 Å². The molecule has 21 heavy (non-hydrogen) atoms. The van der Waals surface area contributed by atoms with Gasteiger partial charge >= 0.3 is 5.97 Å². The minimum atomic E-state index is -1.07. The van der Waals surface area contributed by atoms with Gasteiger partial charge < -0.3 is 14.7 Å². The molecule has 0 radical (unpaired) electrons. The van der Waals surface area contributed by atoms with Crippen LogP contribution >= 0.6 is 11.6 Å². The Morgan fingerprint density at radius 3 is 2.90 bits per heavy atom. The second kappa shape index (κ2) is 6.38. The summed E-state index contributed by atoms with van der Waals surface area (Å²) in [5.74, 6) is -1.07. The van der Waals surface area contributed by atoms with Gasteiger partial charge in [0.25, 0.3) is 0 Å². The molecular weight excluding hydrogens is 296 g/mol.